The molecule has 6 heteroatoms. The summed E-state index contributed by atoms with van der Waals surface area (Å²) in [5, 5.41) is 2.71. The lowest BCUT2D eigenvalue weighted by atomic mass is 10.0. The van der Waals surface area contributed by atoms with E-state index in [-0.39, 0.29) is 11.8 Å². The van der Waals surface area contributed by atoms with Gasteiger partial charge in [0, 0.05) is 24.2 Å². The Morgan fingerprint density at radius 3 is 2.58 bits per heavy atom. The van der Waals surface area contributed by atoms with Crippen molar-refractivity contribution < 1.29 is 9.59 Å². The minimum atomic E-state index is -0.600. The minimum Gasteiger partial charge on any atom is -0.368 e. The third-order valence-electron chi connectivity index (χ3n) is 2.90. The summed E-state index contributed by atoms with van der Waals surface area (Å²) in [6.45, 7) is 5.77. The van der Waals surface area contributed by atoms with Crippen LogP contribution >= 0.6 is 0 Å². The molecule has 2 amide bonds. The number of amides is 2. The highest BCUT2D eigenvalue weighted by molar-refractivity contribution is 5.87. The first kappa shape index (κ1) is 15.2. The van der Waals surface area contributed by atoms with Crippen molar-refractivity contribution >= 4 is 11.8 Å². The first-order valence-electron chi connectivity index (χ1n) is 6.47. The van der Waals surface area contributed by atoms with E-state index in [2.05, 4.69) is 15.3 Å². The summed E-state index contributed by atoms with van der Waals surface area (Å²) in [6.07, 6.45) is 4.37. The summed E-state index contributed by atoms with van der Waals surface area (Å²) in [4.78, 5) is 30.2. The Bertz CT molecular complexity index is 414. The molecule has 0 unspecified atom stereocenters. The van der Waals surface area contributed by atoms with Gasteiger partial charge in [-0.25, -0.2) is 4.98 Å². The Kier molecular flexibility index (Phi) is 5.54. The molecule has 1 aromatic rings. The highest BCUT2D eigenvalue weighted by Crippen LogP contribution is 2.08. The number of primary amides is 1. The van der Waals surface area contributed by atoms with Crippen LogP contribution < -0.4 is 11.1 Å². The Hall–Kier alpha value is -1.85. The molecule has 19 heavy (non-hydrogen) atoms. The number of aromatic nitrogens is 2. The summed E-state index contributed by atoms with van der Waals surface area (Å²) in [5.41, 5.74) is 6.19. The van der Waals surface area contributed by atoms with Gasteiger partial charge < -0.3 is 16.0 Å². The van der Waals surface area contributed by atoms with E-state index in [0.29, 0.717) is 18.8 Å². The molecule has 0 bridgehead atoms. The molecule has 0 aliphatic carbocycles. The molecule has 1 aromatic heterocycles. The normalized spacial score (nSPS) is 14.1. The molecule has 0 fully saturated rings. The van der Waals surface area contributed by atoms with Crippen LogP contribution in [0.4, 0.5) is 0 Å². The van der Waals surface area contributed by atoms with E-state index >= 15 is 0 Å². The van der Waals surface area contributed by atoms with Crippen LogP contribution in [0.5, 0.6) is 0 Å². The molecule has 1 rings (SSSR count). The van der Waals surface area contributed by atoms with E-state index in [1.807, 2.05) is 20.8 Å². The zero-order valence-corrected chi connectivity index (χ0v) is 11.6. The minimum absolute atomic E-state index is 0.168. The average molecular weight is 266 g/mol. The fraction of sp³-hybridized carbons (Fsp3) is 0.615. The number of hydrogen-bond acceptors (Lipinski definition) is 3. The first-order valence-corrected chi connectivity index (χ1v) is 6.47. The Balaban J connectivity index is 2.53. The number of aromatic amines is 1. The number of nitrogens with zero attached hydrogens (tertiary/aromatic N) is 1. The molecule has 0 aliphatic heterocycles. The van der Waals surface area contributed by atoms with Crippen LogP contribution in [0.1, 0.15) is 32.9 Å². The number of nitrogens with one attached hydrogen (secondary N) is 2. The molecule has 0 aliphatic rings. The van der Waals surface area contributed by atoms with Crippen LogP contribution in [0, 0.1) is 11.8 Å². The average Bonchev–Trinajstić information content (AvgIpc) is 2.79. The number of nitrogens with two attached hydrogens (primary N) is 1. The third kappa shape index (κ3) is 5.11. The van der Waals surface area contributed by atoms with E-state index in [1.165, 1.54) is 0 Å². The third-order valence-corrected chi connectivity index (χ3v) is 2.90. The zero-order valence-electron chi connectivity index (χ0n) is 11.6. The molecular formula is C13H22N4O2. The summed E-state index contributed by atoms with van der Waals surface area (Å²) < 4.78 is 0. The van der Waals surface area contributed by atoms with Crippen molar-refractivity contribution in [1.29, 1.82) is 0 Å². The summed E-state index contributed by atoms with van der Waals surface area (Å²) >= 11 is 0. The predicted octanol–water partition coefficient (Wildman–Crippen LogP) is 0.605. The standard InChI is InChI=1S/C13H22N4O2/c1-8(2)4-11(12(14)18)17-13(19)9(3)5-10-6-15-7-16-10/h6-9,11H,4-5H2,1-3H3,(H2,14,18)(H,15,16)(H,17,19)/t9-,11-/m0/s1. The second-order valence-corrected chi connectivity index (χ2v) is 5.28. The molecule has 2 atom stereocenters. The van der Waals surface area contributed by atoms with E-state index in [9.17, 15) is 9.59 Å². The number of carbonyl (C=O) groups is 2. The highest BCUT2D eigenvalue weighted by Gasteiger charge is 2.22. The van der Waals surface area contributed by atoms with Crippen molar-refractivity contribution in [2.45, 2.75) is 39.7 Å². The molecule has 6 nitrogen and oxygen atoms in total. The number of carbonyl (C=O) groups excluding carboxylic acids is 2. The lowest BCUT2D eigenvalue weighted by Gasteiger charge is -2.19. The second kappa shape index (κ2) is 6.92. The van der Waals surface area contributed by atoms with Crippen molar-refractivity contribution in [2.75, 3.05) is 0 Å². The predicted molar refractivity (Wildman–Crippen MR) is 72.0 cm³/mol. The van der Waals surface area contributed by atoms with Gasteiger partial charge in [0.2, 0.25) is 11.8 Å². The molecule has 1 heterocycles. The van der Waals surface area contributed by atoms with E-state index in [4.69, 9.17) is 5.73 Å². The summed E-state index contributed by atoms with van der Waals surface area (Å²) in [5.74, 6) is -0.606. The van der Waals surface area contributed by atoms with Gasteiger partial charge in [0.1, 0.15) is 6.04 Å². The van der Waals surface area contributed by atoms with Gasteiger partial charge >= 0.3 is 0 Å². The van der Waals surface area contributed by atoms with Crippen molar-refractivity contribution in [3.05, 3.63) is 18.2 Å². The van der Waals surface area contributed by atoms with E-state index < -0.39 is 11.9 Å². The van der Waals surface area contributed by atoms with Crippen molar-refractivity contribution in [3.63, 3.8) is 0 Å². The van der Waals surface area contributed by atoms with Gasteiger partial charge in [-0.3, -0.25) is 9.59 Å². The Morgan fingerprint density at radius 1 is 1.42 bits per heavy atom. The number of imidazole rings is 1. The highest BCUT2D eigenvalue weighted by atomic mass is 16.2. The van der Waals surface area contributed by atoms with Crippen LogP contribution in [0.15, 0.2) is 12.5 Å². The van der Waals surface area contributed by atoms with Crippen molar-refractivity contribution in [2.24, 2.45) is 17.6 Å². The molecule has 0 saturated carbocycles. The molecule has 106 valence electrons. The SMILES string of the molecule is CC(C)C[C@H](NC(=O)[C@@H](C)Cc1cnc[nH]1)C(N)=O. The number of hydrogen-bond donors (Lipinski definition) is 3. The number of rotatable bonds is 7. The van der Waals surface area contributed by atoms with Crippen LogP contribution in [0.3, 0.4) is 0 Å². The van der Waals surface area contributed by atoms with E-state index in [1.54, 1.807) is 12.5 Å². The fourth-order valence-corrected chi connectivity index (χ4v) is 1.85. The maximum Gasteiger partial charge on any atom is 0.240 e. The lowest BCUT2D eigenvalue weighted by Crippen LogP contribution is -2.47. The maximum atomic E-state index is 12.0. The van der Waals surface area contributed by atoms with Crippen LogP contribution in [-0.2, 0) is 16.0 Å². The van der Waals surface area contributed by atoms with Crippen molar-refractivity contribution in [3.8, 4) is 0 Å². The van der Waals surface area contributed by atoms with Crippen molar-refractivity contribution in [1.82, 2.24) is 15.3 Å². The molecule has 4 N–H and O–H groups in total. The molecule has 0 aromatic carbocycles. The van der Waals surface area contributed by atoms with Gasteiger partial charge in [0.25, 0.3) is 0 Å². The Labute approximate surface area is 113 Å². The first-order chi connectivity index (χ1) is 8.90. The summed E-state index contributed by atoms with van der Waals surface area (Å²) in [7, 11) is 0. The monoisotopic (exact) mass is 266 g/mol. The fourth-order valence-electron chi connectivity index (χ4n) is 1.85. The van der Waals surface area contributed by atoms with Gasteiger partial charge in [-0.1, -0.05) is 20.8 Å². The Morgan fingerprint density at radius 2 is 2.11 bits per heavy atom. The maximum absolute atomic E-state index is 12.0. The second-order valence-electron chi connectivity index (χ2n) is 5.28. The van der Waals surface area contributed by atoms with Gasteiger partial charge in [-0.05, 0) is 12.3 Å². The zero-order chi connectivity index (χ0) is 14.4. The van der Waals surface area contributed by atoms with Crippen LogP contribution in [-0.4, -0.2) is 27.8 Å². The summed E-state index contributed by atoms with van der Waals surface area (Å²) in [6, 6.07) is -0.600. The van der Waals surface area contributed by atoms with Crippen LogP contribution in [0.2, 0.25) is 0 Å². The molecular weight excluding hydrogens is 244 g/mol. The smallest absolute Gasteiger partial charge is 0.240 e. The van der Waals surface area contributed by atoms with Gasteiger partial charge in [0.15, 0.2) is 0 Å². The van der Waals surface area contributed by atoms with Gasteiger partial charge in [0.05, 0.1) is 6.33 Å². The molecule has 0 radical (unpaired) electrons. The van der Waals surface area contributed by atoms with E-state index in [0.717, 1.165) is 5.69 Å². The van der Waals surface area contributed by atoms with Crippen LogP contribution in [0.25, 0.3) is 0 Å². The topological polar surface area (TPSA) is 101 Å². The van der Waals surface area contributed by atoms with Gasteiger partial charge in [-0.2, -0.15) is 0 Å². The quantitative estimate of drug-likeness (QED) is 0.673. The molecule has 0 spiro atoms. The number of H-pyrrole nitrogens is 1. The molecule has 0 saturated heterocycles. The largest absolute Gasteiger partial charge is 0.368 e. The van der Waals surface area contributed by atoms with Gasteiger partial charge in [-0.15, -0.1) is 0 Å². The lowest BCUT2D eigenvalue weighted by molar-refractivity contribution is -0.129.